The summed E-state index contributed by atoms with van der Waals surface area (Å²) in [6, 6.07) is 22.2. The van der Waals surface area contributed by atoms with Gasteiger partial charge in [0.05, 0.1) is 30.6 Å². The van der Waals surface area contributed by atoms with Crippen molar-refractivity contribution in [2.24, 2.45) is 0 Å². The fraction of sp³-hybridized carbons (Fsp3) is 0.596. The van der Waals surface area contributed by atoms with Gasteiger partial charge in [-0.2, -0.15) is 30.3 Å². The molecule has 2 aliphatic rings. The average molecular weight is 945 g/mol. The molecule has 8 heteroatoms. The Kier molecular flexibility index (Phi) is 20.2. The van der Waals surface area contributed by atoms with Crippen LogP contribution in [0.4, 0.5) is 0 Å². The zero-order chi connectivity index (χ0) is 40.8. The Morgan fingerprint density at radius 2 is 1.29 bits per heavy atom. The van der Waals surface area contributed by atoms with Crippen molar-refractivity contribution in [1.82, 2.24) is 0 Å². The van der Waals surface area contributed by atoms with E-state index in [0.717, 1.165) is 28.9 Å². The number of ether oxygens (including phenoxy) is 3. The molecule has 0 amide bonds. The summed E-state index contributed by atoms with van der Waals surface area (Å²) in [7, 11) is -0.162. The van der Waals surface area contributed by atoms with Gasteiger partial charge in [0.25, 0.3) is 0 Å². The van der Waals surface area contributed by atoms with Gasteiger partial charge >= 0.3 is 36.6 Å². The minimum absolute atomic E-state index is 0.234. The van der Waals surface area contributed by atoms with Crippen LogP contribution >= 0.6 is 21.4 Å². The second-order valence-electron chi connectivity index (χ2n) is 18.2. The van der Waals surface area contributed by atoms with Crippen LogP contribution in [0, 0.1) is 6.07 Å². The molecule has 4 nitrogen and oxygen atoms in total. The molecule has 0 aliphatic heterocycles. The summed E-state index contributed by atoms with van der Waals surface area (Å²) in [5.74, 6) is 2.81. The van der Waals surface area contributed by atoms with Crippen LogP contribution in [-0.2, 0) is 21.9 Å². The first-order valence-electron chi connectivity index (χ1n) is 20.8. The third-order valence-electron chi connectivity index (χ3n) is 10.8. The Balaban J connectivity index is 0.000000400. The van der Waals surface area contributed by atoms with Gasteiger partial charge in [-0.3, -0.25) is 0 Å². The molecule has 2 saturated carbocycles. The van der Waals surface area contributed by atoms with Gasteiger partial charge in [0.15, 0.2) is 5.75 Å². The Labute approximate surface area is 355 Å². The zero-order valence-corrected chi connectivity index (χ0v) is 41.0. The Hall–Kier alpha value is -1.48. The van der Waals surface area contributed by atoms with Crippen molar-refractivity contribution < 1.29 is 36.2 Å². The second kappa shape index (κ2) is 23.2. The molecule has 0 heterocycles. The number of benzene rings is 3. The SMILES string of the molecule is COc1ccc(OC(C)(C)C)c([PH+](C2CCCCC2)C2CCCCC2)c1-c1c(C(C)C)cccc1C(C)C.C[Si](C)(C)CCOC(=O)c1cc[c-]cc1.[Br][Pd+]. The fourth-order valence-corrected chi connectivity index (χ4v) is 13.4. The van der Waals surface area contributed by atoms with Crippen molar-refractivity contribution in [3.63, 3.8) is 0 Å². The van der Waals surface area contributed by atoms with Gasteiger partial charge < -0.3 is 14.2 Å². The van der Waals surface area contributed by atoms with E-state index in [-0.39, 0.29) is 11.6 Å². The molecule has 0 spiro atoms. The first-order valence-corrected chi connectivity index (χ1v) is 29.7. The van der Waals surface area contributed by atoms with Crippen molar-refractivity contribution in [3.8, 4) is 22.6 Å². The number of carbonyl (C=O) groups is 1. The average Bonchev–Trinajstić information content (AvgIpc) is 3.16. The van der Waals surface area contributed by atoms with E-state index in [1.807, 2.05) is 7.11 Å². The molecule has 3 aromatic rings. The Morgan fingerprint density at radius 1 is 0.800 bits per heavy atom. The van der Waals surface area contributed by atoms with E-state index >= 15 is 0 Å². The van der Waals surface area contributed by atoms with Crippen molar-refractivity contribution in [2.45, 2.75) is 167 Å². The topological polar surface area (TPSA) is 44.8 Å². The molecule has 55 heavy (non-hydrogen) atoms. The summed E-state index contributed by atoms with van der Waals surface area (Å²) < 4.78 is 18.4. The normalized spacial score (nSPS) is 15.6. The van der Waals surface area contributed by atoms with Gasteiger partial charge in [-0.05, 0) is 124 Å². The van der Waals surface area contributed by atoms with E-state index in [1.165, 1.54) is 86.5 Å². The number of rotatable bonds is 12. The Bertz CT molecular complexity index is 1540. The molecular formula is C47H71BrO4PPdSi+. The predicted molar refractivity (Wildman–Crippen MR) is 241 cm³/mol. The van der Waals surface area contributed by atoms with E-state index in [0.29, 0.717) is 24.0 Å². The molecule has 3 aromatic carbocycles. The molecule has 0 bridgehead atoms. The van der Waals surface area contributed by atoms with E-state index < -0.39 is 16.0 Å². The van der Waals surface area contributed by atoms with Crippen LogP contribution in [0.3, 0.4) is 0 Å². The van der Waals surface area contributed by atoms with Gasteiger partial charge in [-0.25, -0.2) is 4.79 Å². The molecule has 2 aliphatic carbocycles. The third-order valence-corrected chi connectivity index (χ3v) is 16.5. The standard InChI is InChI=1S/C35H53O2P.C12H17O2Si.BrH.Pd/c1-24(2)28-20-15-21-29(25(3)4)32(28)33-30(36-8)22-23-31(37-35(5,6)7)34(33)38(26-16-11-9-12-17-26)27-18-13-10-14-19-27;1-15(2,3)10-9-14-12(13)11-7-5-4-6-8-11;;/h15,20-27H,9-14,16-19H2,1-8H3;5-8H,9-10H2,1-3H3;1H;/q;-1;;+2. The van der Waals surface area contributed by atoms with Crippen LogP contribution in [0.1, 0.15) is 146 Å². The van der Waals surface area contributed by atoms with Crippen molar-refractivity contribution in [2.75, 3.05) is 13.7 Å². The number of hydrogen-bond donors (Lipinski definition) is 0. The summed E-state index contributed by atoms with van der Waals surface area (Å²) >= 11 is 5.35. The molecule has 0 N–H and O–H groups in total. The van der Waals surface area contributed by atoms with Crippen molar-refractivity contribution in [1.29, 1.82) is 0 Å². The van der Waals surface area contributed by atoms with E-state index in [9.17, 15) is 4.79 Å². The van der Waals surface area contributed by atoms with Gasteiger partial charge in [0.1, 0.15) is 16.7 Å². The summed E-state index contributed by atoms with van der Waals surface area (Å²) in [4.78, 5) is 11.5. The first kappa shape index (κ1) is 47.9. The molecule has 308 valence electrons. The maximum absolute atomic E-state index is 11.5. The summed E-state index contributed by atoms with van der Waals surface area (Å²) in [6.07, 6.45) is 13.9. The summed E-state index contributed by atoms with van der Waals surface area (Å²) in [5.41, 5.74) is 7.67. The molecule has 0 radical (unpaired) electrons. The quantitative estimate of drug-likeness (QED) is 0.0785. The van der Waals surface area contributed by atoms with Crippen LogP contribution in [-0.4, -0.2) is 44.7 Å². The molecule has 0 saturated heterocycles. The number of methoxy groups -OCH3 is 1. The number of halogens is 1. The van der Waals surface area contributed by atoms with Crippen LogP contribution in [0.5, 0.6) is 11.5 Å². The van der Waals surface area contributed by atoms with Gasteiger partial charge in [-0.1, -0.05) is 78.4 Å². The molecule has 0 atom stereocenters. The van der Waals surface area contributed by atoms with E-state index in [1.54, 1.807) is 29.6 Å². The van der Waals surface area contributed by atoms with Gasteiger partial charge in [0.2, 0.25) is 0 Å². The van der Waals surface area contributed by atoms with Crippen molar-refractivity contribution >= 4 is 40.7 Å². The van der Waals surface area contributed by atoms with E-state index in [2.05, 4.69) is 135 Å². The summed E-state index contributed by atoms with van der Waals surface area (Å²) in [5, 5.41) is 1.55. The Morgan fingerprint density at radius 3 is 1.73 bits per heavy atom. The first-order chi connectivity index (χ1) is 26.1. The maximum atomic E-state index is 11.5. The molecule has 0 unspecified atom stereocenters. The zero-order valence-electron chi connectivity index (χ0n) is 35.8. The third kappa shape index (κ3) is 14.7. The van der Waals surface area contributed by atoms with Crippen LogP contribution in [0.2, 0.25) is 25.7 Å². The molecule has 2 fully saturated rings. The second-order valence-corrected chi connectivity index (χ2v) is 26.9. The van der Waals surface area contributed by atoms with E-state index in [4.69, 9.17) is 14.2 Å². The monoisotopic (exact) mass is 943 g/mol. The number of hydrogen-bond acceptors (Lipinski definition) is 4. The number of esters is 1. The van der Waals surface area contributed by atoms with Crippen LogP contribution in [0.15, 0.2) is 54.6 Å². The van der Waals surface area contributed by atoms with Gasteiger partial charge in [0, 0.05) is 16.0 Å². The molecule has 5 rings (SSSR count). The number of carbonyl (C=O) groups excluding carboxylic acids is 1. The van der Waals surface area contributed by atoms with Crippen LogP contribution < -0.4 is 14.8 Å². The predicted octanol–water partition coefficient (Wildman–Crippen LogP) is 14.1. The summed E-state index contributed by atoms with van der Waals surface area (Å²) in [6.45, 7) is 23.3. The van der Waals surface area contributed by atoms with Gasteiger partial charge in [-0.15, -0.1) is 0 Å². The molecular weight excluding hydrogens is 874 g/mol. The van der Waals surface area contributed by atoms with Crippen LogP contribution in [0.25, 0.3) is 11.1 Å². The fourth-order valence-electron chi connectivity index (χ4n) is 8.15. The van der Waals surface area contributed by atoms with Crippen molar-refractivity contribution in [3.05, 3.63) is 77.4 Å². The molecule has 0 aromatic heterocycles. The minimum atomic E-state index is -1.11.